The molecule has 0 aromatic carbocycles. The van der Waals surface area contributed by atoms with Crippen LogP contribution in [-0.4, -0.2) is 23.5 Å². The van der Waals surface area contributed by atoms with Crippen molar-refractivity contribution < 1.29 is 4.79 Å². The Hall–Kier alpha value is -0.840. The van der Waals surface area contributed by atoms with Crippen LogP contribution in [-0.2, 0) is 0 Å². The van der Waals surface area contributed by atoms with E-state index in [0.717, 1.165) is 6.42 Å². The van der Waals surface area contributed by atoms with Crippen molar-refractivity contribution >= 4 is 30.7 Å². The van der Waals surface area contributed by atoms with Crippen LogP contribution in [0.2, 0.25) is 0 Å². The minimum absolute atomic E-state index is 0. The van der Waals surface area contributed by atoms with Gasteiger partial charge < -0.3 is 11.1 Å². The number of carbonyl (C=O) groups is 1. The number of carbonyl (C=O) groups excluding carboxylic acids is 1. The summed E-state index contributed by atoms with van der Waals surface area (Å²) < 4.78 is 0. The largest absolute Gasteiger partial charge is 0.348 e. The maximum Gasteiger partial charge on any atom is 0.251 e. The van der Waals surface area contributed by atoms with E-state index >= 15 is 0 Å². The predicted octanol–water partition coefficient (Wildman–Crippen LogP) is 2.03. The van der Waals surface area contributed by atoms with E-state index < -0.39 is 0 Å². The van der Waals surface area contributed by atoms with E-state index in [0.29, 0.717) is 18.0 Å². The molecule has 1 amide bonds. The first-order valence-corrected chi connectivity index (χ1v) is 5.54. The number of pyridine rings is 1. The predicted molar refractivity (Wildman–Crippen MR) is 78.5 cm³/mol. The molecule has 0 saturated heterocycles. The number of amides is 1. The van der Waals surface area contributed by atoms with Crippen LogP contribution < -0.4 is 11.1 Å². The molecule has 0 spiro atoms. The van der Waals surface area contributed by atoms with Gasteiger partial charge in [-0.25, -0.2) is 0 Å². The lowest BCUT2D eigenvalue weighted by molar-refractivity contribution is 0.0933. The third-order valence-corrected chi connectivity index (χ3v) is 2.32. The van der Waals surface area contributed by atoms with Crippen LogP contribution in [0.3, 0.4) is 0 Å². The molecule has 0 bridgehead atoms. The highest BCUT2D eigenvalue weighted by Gasteiger charge is 2.13. The molecule has 0 radical (unpaired) electrons. The Morgan fingerprint density at radius 3 is 2.33 bits per heavy atom. The normalized spacial score (nSPS) is 11.1. The van der Waals surface area contributed by atoms with Crippen LogP contribution in [0.5, 0.6) is 0 Å². The number of nitrogens with one attached hydrogen (secondary N) is 1. The van der Waals surface area contributed by atoms with Gasteiger partial charge in [-0.05, 0) is 24.5 Å². The van der Waals surface area contributed by atoms with Crippen molar-refractivity contribution in [2.45, 2.75) is 26.3 Å². The number of hydrogen-bond donors (Lipinski definition) is 2. The molecule has 1 unspecified atom stereocenters. The van der Waals surface area contributed by atoms with Crippen LogP contribution >= 0.6 is 24.8 Å². The van der Waals surface area contributed by atoms with Crippen molar-refractivity contribution in [3.63, 3.8) is 0 Å². The van der Waals surface area contributed by atoms with Gasteiger partial charge in [0, 0.05) is 30.5 Å². The molecule has 0 aliphatic rings. The van der Waals surface area contributed by atoms with Gasteiger partial charge in [0.2, 0.25) is 0 Å². The van der Waals surface area contributed by atoms with E-state index in [4.69, 9.17) is 5.73 Å². The smallest absolute Gasteiger partial charge is 0.251 e. The molecule has 1 aromatic heterocycles. The zero-order valence-corrected chi connectivity index (χ0v) is 12.3. The zero-order valence-electron chi connectivity index (χ0n) is 10.6. The molecule has 3 N–H and O–H groups in total. The van der Waals surface area contributed by atoms with E-state index in [1.807, 2.05) is 0 Å². The van der Waals surface area contributed by atoms with Crippen molar-refractivity contribution in [2.75, 3.05) is 6.54 Å². The molecule has 0 aliphatic heterocycles. The van der Waals surface area contributed by atoms with Crippen molar-refractivity contribution in [3.8, 4) is 0 Å². The average molecular weight is 294 g/mol. The molecule has 1 atom stereocenters. The molecule has 1 heterocycles. The van der Waals surface area contributed by atoms with E-state index in [1.165, 1.54) is 0 Å². The highest BCUT2D eigenvalue weighted by atomic mass is 35.5. The fourth-order valence-electron chi connectivity index (χ4n) is 1.56. The van der Waals surface area contributed by atoms with Crippen LogP contribution in [0.1, 0.15) is 30.6 Å². The van der Waals surface area contributed by atoms with Crippen LogP contribution in [0.4, 0.5) is 0 Å². The lowest BCUT2D eigenvalue weighted by Gasteiger charge is -2.18. The summed E-state index contributed by atoms with van der Waals surface area (Å²) in [5.74, 6) is 0.435. The Kier molecular flexibility index (Phi) is 11.0. The fraction of sp³-hybridized carbons (Fsp3) is 0.500. The zero-order chi connectivity index (χ0) is 12.0. The maximum absolute atomic E-state index is 11.8. The number of halogens is 2. The average Bonchev–Trinajstić information content (AvgIpc) is 2.28. The van der Waals surface area contributed by atoms with Crippen molar-refractivity contribution in [2.24, 2.45) is 11.7 Å². The van der Waals surface area contributed by atoms with Crippen LogP contribution in [0.15, 0.2) is 24.5 Å². The molecule has 0 fully saturated rings. The molecule has 104 valence electrons. The Bertz CT molecular complexity index is 333. The summed E-state index contributed by atoms with van der Waals surface area (Å²) in [5.41, 5.74) is 6.24. The summed E-state index contributed by atoms with van der Waals surface area (Å²) in [6, 6.07) is 3.43. The minimum atomic E-state index is -0.0847. The summed E-state index contributed by atoms with van der Waals surface area (Å²) in [4.78, 5) is 15.7. The number of rotatable bonds is 5. The van der Waals surface area contributed by atoms with E-state index in [9.17, 15) is 4.79 Å². The Labute approximate surface area is 121 Å². The summed E-state index contributed by atoms with van der Waals surface area (Å²) in [6.45, 7) is 4.69. The Morgan fingerprint density at radius 2 is 1.89 bits per heavy atom. The van der Waals surface area contributed by atoms with Gasteiger partial charge in [0.1, 0.15) is 0 Å². The van der Waals surface area contributed by atoms with Gasteiger partial charge in [-0.15, -0.1) is 24.8 Å². The molecule has 0 saturated carbocycles. The van der Waals surface area contributed by atoms with Gasteiger partial charge in [-0.2, -0.15) is 0 Å². The van der Waals surface area contributed by atoms with E-state index in [-0.39, 0.29) is 36.8 Å². The van der Waals surface area contributed by atoms with Crippen molar-refractivity contribution in [3.05, 3.63) is 30.1 Å². The van der Waals surface area contributed by atoms with Crippen molar-refractivity contribution in [1.82, 2.24) is 10.3 Å². The highest BCUT2D eigenvalue weighted by Crippen LogP contribution is 2.05. The molecule has 4 nitrogen and oxygen atoms in total. The summed E-state index contributed by atoms with van der Waals surface area (Å²) in [6.07, 6.45) is 4.11. The standard InChI is InChI=1S/C12H19N3O.2ClH/c1-9(2)7-11(8-13)15-12(16)10-3-5-14-6-4-10;;/h3-6,9,11H,7-8,13H2,1-2H3,(H,15,16);2*1H. The number of nitrogens with two attached hydrogens (primary N) is 1. The maximum atomic E-state index is 11.8. The number of nitrogens with zero attached hydrogens (tertiary/aromatic N) is 1. The Balaban J connectivity index is 0. The van der Waals surface area contributed by atoms with Gasteiger partial charge in [-0.1, -0.05) is 13.8 Å². The Morgan fingerprint density at radius 1 is 1.33 bits per heavy atom. The van der Waals surface area contributed by atoms with Gasteiger partial charge in [0.25, 0.3) is 5.91 Å². The summed E-state index contributed by atoms with van der Waals surface area (Å²) >= 11 is 0. The van der Waals surface area contributed by atoms with Gasteiger partial charge in [0.15, 0.2) is 0 Å². The molecule has 1 aromatic rings. The lowest BCUT2D eigenvalue weighted by Crippen LogP contribution is -2.41. The van der Waals surface area contributed by atoms with Gasteiger partial charge in [-0.3, -0.25) is 9.78 Å². The second kappa shape index (κ2) is 10.1. The second-order valence-electron chi connectivity index (χ2n) is 4.27. The quantitative estimate of drug-likeness (QED) is 0.873. The van der Waals surface area contributed by atoms with Gasteiger partial charge >= 0.3 is 0 Å². The van der Waals surface area contributed by atoms with Gasteiger partial charge in [0.05, 0.1) is 0 Å². The summed E-state index contributed by atoms with van der Waals surface area (Å²) in [7, 11) is 0. The van der Waals surface area contributed by atoms with Crippen molar-refractivity contribution in [1.29, 1.82) is 0 Å². The monoisotopic (exact) mass is 293 g/mol. The second-order valence-corrected chi connectivity index (χ2v) is 4.27. The number of hydrogen-bond acceptors (Lipinski definition) is 3. The first-order valence-electron chi connectivity index (χ1n) is 5.54. The topological polar surface area (TPSA) is 68.0 Å². The van der Waals surface area contributed by atoms with Crippen LogP contribution in [0.25, 0.3) is 0 Å². The summed E-state index contributed by atoms with van der Waals surface area (Å²) in [5, 5.41) is 2.92. The third kappa shape index (κ3) is 6.79. The van der Waals surface area contributed by atoms with Crippen LogP contribution in [0, 0.1) is 5.92 Å². The first kappa shape index (κ1) is 19.5. The molecule has 6 heteroatoms. The molecule has 18 heavy (non-hydrogen) atoms. The lowest BCUT2D eigenvalue weighted by atomic mass is 10.0. The molecule has 1 rings (SSSR count). The molecular formula is C12H21Cl2N3O. The highest BCUT2D eigenvalue weighted by molar-refractivity contribution is 5.94. The van der Waals surface area contributed by atoms with E-state index in [1.54, 1.807) is 24.5 Å². The first-order chi connectivity index (χ1) is 7.63. The minimum Gasteiger partial charge on any atom is -0.348 e. The fourth-order valence-corrected chi connectivity index (χ4v) is 1.56. The van der Waals surface area contributed by atoms with E-state index in [2.05, 4.69) is 24.1 Å². The SMILES string of the molecule is CC(C)CC(CN)NC(=O)c1ccncc1.Cl.Cl. The molecule has 0 aliphatic carbocycles. The number of aromatic nitrogens is 1. The third-order valence-electron chi connectivity index (χ3n) is 2.32. The molecular weight excluding hydrogens is 273 g/mol.